The number of hydrogen-bond donors (Lipinski definition) is 1. The second-order valence-corrected chi connectivity index (χ2v) is 9.08. The second kappa shape index (κ2) is 9.03. The van der Waals surface area contributed by atoms with Gasteiger partial charge in [0.1, 0.15) is 24.0 Å². The number of carbonyl (C=O) groups is 1. The molecule has 186 valence electrons. The van der Waals surface area contributed by atoms with Crippen LogP contribution in [0.25, 0.3) is 16.0 Å². The van der Waals surface area contributed by atoms with Gasteiger partial charge in [0.05, 0.1) is 19.4 Å². The first-order chi connectivity index (χ1) is 17.3. The summed E-state index contributed by atoms with van der Waals surface area (Å²) in [6, 6.07) is 3.76. The summed E-state index contributed by atoms with van der Waals surface area (Å²) in [5.74, 6) is 0.722. The Hall–Kier alpha value is -4.34. The highest BCUT2D eigenvalue weighted by Gasteiger charge is 2.34. The molecule has 0 bridgehead atoms. The Labute approximate surface area is 205 Å². The molecule has 3 aromatic heterocycles. The molecule has 13 heteroatoms. The van der Waals surface area contributed by atoms with E-state index in [0.29, 0.717) is 17.6 Å². The Bertz CT molecular complexity index is 1560. The maximum Gasteiger partial charge on any atom is 0.486 e. The van der Waals surface area contributed by atoms with Gasteiger partial charge < -0.3 is 9.88 Å². The summed E-state index contributed by atoms with van der Waals surface area (Å²) in [6.07, 6.45) is 5.22. The lowest BCUT2D eigenvalue weighted by Crippen LogP contribution is -2.38. The van der Waals surface area contributed by atoms with Crippen LogP contribution < -0.4 is 16.6 Å². The predicted octanol–water partition coefficient (Wildman–Crippen LogP) is 0.694. The molecular formula is C23H27N10O3+. The number of fused-ring (bicyclic) bond motifs is 1. The van der Waals surface area contributed by atoms with Crippen molar-refractivity contribution in [2.45, 2.75) is 44.7 Å². The molecule has 5 heterocycles. The van der Waals surface area contributed by atoms with Crippen LogP contribution in [0.4, 0.5) is 5.82 Å². The Morgan fingerprint density at radius 2 is 1.94 bits per heavy atom. The van der Waals surface area contributed by atoms with Gasteiger partial charge in [-0.15, -0.1) is 0 Å². The van der Waals surface area contributed by atoms with Gasteiger partial charge in [0.2, 0.25) is 5.91 Å². The van der Waals surface area contributed by atoms with Crippen molar-refractivity contribution in [3.05, 3.63) is 50.1 Å². The zero-order valence-electron chi connectivity index (χ0n) is 20.5. The van der Waals surface area contributed by atoms with Crippen molar-refractivity contribution in [1.29, 1.82) is 0 Å². The number of carbonyl (C=O) groups excluding carboxylic acids is 1. The Balaban J connectivity index is 1.36. The average Bonchev–Trinajstić information content (AvgIpc) is 3.56. The number of amides is 1. The van der Waals surface area contributed by atoms with Crippen molar-refractivity contribution in [1.82, 2.24) is 33.6 Å². The molecule has 1 fully saturated rings. The van der Waals surface area contributed by atoms with E-state index in [1.807, 2.05) is 6.92 Å². The summed E-state index contributed by atoms with van der Waals surface area (Å²) in [4.78, 5) is 62.3. The molecule has 3 atom stereocenters. The smallest absolute Gasteiger partial charge is 0.312 e. The first-order valence-corrected chi connectivity index (χ1v) is 11.8. The minimum absolute atomic E-state index is 0.150. The van der Waals surface area contributed by atoms with Crippen LogP contribution in [-0.2, 0) is 18.9 Å². The van der Waals surface area contributed by atoms with E-state index in [1.165, 1.54) is 29.6 Å². The molecule has 0 saturated carbocycles. The van der Waals surface area contributed by atoms with Crippen molar-refractivity contribution < 1.29 is 4.79 Å². The molecule has 0 radical (unpaired) electrons. The quantitative estimate of drug-likeness (QED) is 0.567. The van der Waals surface area contributed by atoms with Gasteiger partial charge in [-0.2, -0.15) is 4.85 Å². The van der Waals surface area contributed by atoms with Crippen molar-refractivity contribution in [3.8, 4) is 6.07 Å². The number of likely N-dealkylation sites (tertiary alicyclic amines) is 1. The molecule has 3 aromatic rings. The first kappa shape index (κ1) is 23.4. The number of aliphatic imine (C=N–C) groups is 1. The predicted molar refractivity (Wildman–Crippen MR) is 133 cm³/mol. The van der Waals surface area contributed by atoms with E-state index in [1.54, 1.807) is 19.2 Å². The summed E-state index contributed by atoms with van der Waals surface area (Å²) >= 11 is 0. The minimum Gasteiger partial charge on any atom is -0.312 e. The van der Waals surface area contributed by atoms with Crippen LogP contribution in [0.15, 0.2) is 33.2 Å². The Kier molecular flexibility index (Phi) is 5.87. The molecule has 1 N–H and O–H groups in total. The van der Waals surface area contributed by atoms with Crippen LogP contribution >= 0.6 is 0 Å². The highest BCUT2D eigenvalue weighted by atomic mass is 16.2. The second-order valence-electron chi connectivity index (χ2n) is 9.08. The number of aromatic nitrogens is 6. The summed E-state index contributed by atoms with van der Waals surface area (Å²) in [5.41, 5.74) is -0.636. The van der Waals surface area contributed by atoms with Crippen LogP contribution in [-0.4, -0.2) is 64.6 Å². The van der Waals surface area contributed by atoms with Gasteiger partial charge in [-0.25, -0.2) is 24.6 Å². The van der Waals surface area contributed by atoms with E-state index in [4.69, 9.17) is 4.99 Å². The molecule has 1 amide bonds. The van der Waals surface area contributed by atoms with Crippen molar-refractivity contribution in [3.63, 3.8) is 0 Å². The average molecular weight is 492 g/mol. The fourth-order valence-corrected chi connectivity index (χ4v) is 4.47. The van der Waals surface area contributed by atoms with Crippen molar-refractivity contribution in [2.75, 3.05) is 18.4 Å². The van der Waals surface area contributed by atoms with E-state index in [9.17, 15) is 14.4 Å². The maximum atomic E-state index is 13.1. The normalized spacial score (nSPS) is 20.1. The van der Waals surface area contributed by atoms with Gasteiger partial charge in [0.25, 0.3) is 5.56 Å². The summed E-state index contributed by atoms with van der Waals surface area (Å²) in [5, 5.41) is 2.78. The number of nitrogens with one attached hydrogen (secondary N) is 1. The lowest BCUT2D eigenvalue weighted by molar-refractivity contribution is -0.118. The molecule has 13 nitrogen and oxygen atoms in total. The maximum absolute atomic E-state index is 13.1. The molecule has 2 aliphatic rings. The van der Waals surface area contributed by atoms with Gasteiger partial charge in [-0.1, -0.05) is 4.99 Å². The molecule has 0 aromatic carbocycles. The molecule has 3 unspecified atom stereocenters. The highest BCUT2D eigenvalue weighted by molar-refractivity contribution is 5.93. The third-order valence-corrected chi connectivity index (χ3v) is 6.67. The van der Waals surface area contributed by atoms with Crippen LogP contribution in [0.2, 0.25) is 0 Å². The van der Waals surface area contributed by atoms with Gasteiger partial charge in [0.15, 0.2) is 22.9 Å². The fourth-order valence-electron chi connectivity index (χ4n) is 4.47. The lowest BCUT2D eigenvalue weighted by atomic mass is 10.0. The monoisotopic (exact) mass is 491 g/mol. The molecule has 1 saturated heterocycles. The SMILES string of the molecule is CC1N=C(N2CCCC2)[N+]#CC1c1nccc(NC(=O)C(C)n2cnc3c2c(=O)n(C)c(=O)n3C)n1. The molecule has 5 rings (SSSR count). The van der Waals surface area contributed by atoms with E-state index < -0.39 is 23.2 Å². The zero-order chi connectivity index (χ0) is 25.6. The number of rotatable bonds is 4. The van der Waals surface area contributed by atoms with Crippen LogP contribution in [0.5, 0.6) is 0 Å². The van der Waals surface area contributed by atoms with Crippen LogP contribution in [0.1, 0.15) is 44.5 Å². The van der Waals surface area contributed by atoms with Crippen molar-refractivity contribution >= 4 is 28.8 Å². The molecule has 2 aliphatic heterocycles. The number of nitrogens with zero attached hydrogens (tertiary/aromatic N) is 9. The van der Waals surface area contributed by atoms with Gasteiger partial charge in [-0.05, 0) is 32.8 Å². The molecular weight excluding hydrogens is 464 g/mol. The van der Waals surface area contributed by atoms with E-state index >= 15 is 0 Å². The topological polar surface area (TPSA) is 137 Å². The van der Waals surface area contributed by atoms with Gasteiger partial charge in [-0.3, -0.25) is 18.7 Å². The minimum atomic E-state index is -0.798. The highest BCUT2D eigenvalue weighted by Crippen LogP contribution is 2.24. The van der Waals surface area contributed by atoms with Crippen LogP contribution in [0, 0.1) is 6.07 Å². The summed E-state index contributed by atoms with van der Waals surface area (Å²) < 4.78 is 3.71. The van der Waals surface area contributed by atoms with E-state index in [0.717, 1.165) is 30.5 Å². The number of guanidine groups is 1. The third kappa shape index (κ3) is 3.94. The van der Waals surface area contributed by atoms with Crippen molar-refractivity contribution in [2.24, 2.45) is 19.1 Å². The first-order valence-electron chi connectivity index (χ1n) is 11.8. The largest absolute Gasteiger partial charge is 0.486 e. The summed E-state index contributed by atoms with van der Waals surface area (Å²) in [6.45, 7) is 5.51. The van der Waals surface area contributed by atoms with Crippen LogP contribution in [0.3, 0.4) is 0 Å². The van der Waals surface area contributed by atoms with E-state index in [2.05, 4.69) is 36.1 Å². The summed E-state index contributed by atoms with van der Waals surface area (Å²) in [7, 11) is 2.92. The van der Waals surface area contributed by atoms with Gasteiger partial charge in [0, 0.05) is 20.3 Å². The molecule has 36 heavy (non-hydrogen) atoms. The zero-order valence-corrected chi connectivity index (χ0v) is 20.5. The van der Waals surface area contributed by atoms with E-state index in [-0.39, 0.29) is 23.1 Å². The molecule has 0 spiro atoms. The van der Waals surface area contributed by atoms with Gasteiger partial charge >= 0.3 is 11.6 Å². The standard InChI is InChI=1S/C23H26N10O3/c1-13-15(11-25-22(27-13)32-9-5-6-10-32)18-24-8-7-16(28-18)29-20(34)14(2)33-12-26-19-17(33)21(35)31(4)23(36)30(19)3/h7-8,12-15H,5-6,9-10H2,1-4H3/p+1. The number of anilines is 1. The molecule has 0 aliphatic carbocycles. The third-order valence-electron chi connectivity index (χ3n) is 6.67. The number of aryl methyl sites for hydroxylation is 1. The Morgan fingerprint density at radius 1 is 1.19 bits per heavy atom. The fraction of sp³-hybridized carbons (Fsp3) is 0.478. The number of hydrogen-bond acceptors (Lipinski definition) is 8. The Morgan fingerprint density at radius 3 is 2.67 bits per heavy atom. The number of imidazole rings is 1. The lowest BCUT2D eigenvalue weighted by Gasteiger charge is -2.16.